The molecule has 0 spiro atoms. The number of carbonyl (C=O) groups is 2. The van der Waals surface area contributed by atoms with Crippen LogP contribution in [-0.2, 0) is 16.0 Å². The van der Waals surface area contributed by atoms with Gasteiger partial charge in [-0.05, 0) is 36.1 Å². The van der Waals surface area contributed by atoms with Crippen LogP contribution in [0.5, 0.6) is 5.75 Å². The molecule has 1 aliphatic rings. The molecule has 8 nitrogen and oxygen atoms in total. The smallest absolute Gasteiger partial charge is 0.328 e. The predicted octanol–water partition coefficient (Wildman–Crippen LogP) is 2.69. The normalized spacial score (nSPS) is 15.4. The Hall–Kier alpha value is -3.20. The molecule has 0 bridgehead atoms. The van der Waals surface area contributed by atoms with Gasteiger partial charge in [0.05, 0.1) is 13.7 Å². The molecule has 1 aliphatic heterocycles. The first kappa shape index (κ1) is 27.0. The molecular weight excluding hydrogens is 436 g/mol. The van der Waals surface area contributed by atoms with Gasteiger partial charge in [0.1, 0.15) is 5.75 Å². The Kier molecular flexibility index (Phi) is 11.8. The third-order valence-electron chi connectivity index (χ3n) is 5.68. The summed E-state index contributed by atoms with van der Waals surface area (Å²) in [4.78, 5) is 24.0. The maximum Gasteiger partial charge on any atom is 0.328 e. The lowest BCUT2D eigenvalue weighted by Gasteiger charge is -2.39. The second kappa shape index (κ2) is 14.8. The van der Waals surface area contributed by atoms with Crippen LogP contribution in [0.3, 0.4) is 0 Å². The van der Waals surface area contributed by atoms with E-state index in [-0.39, 0.29) is 6.61 Å². The van der Waals surface area contributed by atoms with Gasteiger partial charge in [0.25, 0.3) is 0 Å². The summed E-state index contributed by atoms with van der Waals surface area (Å²) in [6, 6.07) is 19.7. The summed E-state index contributed by atoms with van der Waals surface area (Å²) in [7, 11) is 1.71. The molecular formula is C26H34N2O6. The first-order chi connectivity index (χ1) is 16.4. The highest BCUT2D eigenvalue weighted by molar-refractivity contribution is 5.89. The van der Waals surface area contributed by atoms with Crippen LogP contribution >= 0.6 is 0 Å². The lowest BCUT2D eigenvalue weighted by Crippen LogP contribution is -2.48. The molecule has 1 heterocycles. The van der Waals surface area contributed by atoms with Crippen molar-refractivity contribution in [2.24, 2.45) is 0 Å². The molecule has 8 heteroatoms. The number of carboxylic acids is 2. The Morgan fingerprint density at radius 3 is 2.03 bits per heavy atom. The molecule has 1 fully saturated rings. The third-order valence-corrected chi connectivity index (χ3v) is 5.68. The largest absolute Gasteiger partial charge is 0.497 e. The average Bonchev–Trinajstić information content (AvgIpc) is 2.85. The Morgan fingerprint density at radius 2 is 1.53 bits per heavy atom. The minimum absolute atomic E-state index is 0.246. The number of ether oxygens (including phenoxy) is 1. The van der Waals surface area contributed by atoms with E-state index in [0.717, 1.165) is 51.3 Å². The maximum absolute atomic E-state index is 9.55. The fourth-order valence-corrected chi connectivity index (χ4v) is 3.92. The summed E-state index contributed by atoms with van der Waals surface area (Å²) < 4.78 is 5.32. The van der Waals surface area contributed by atoms with Crippen molar-refractivity contribution in [2.75, 3.05) is 46.4 Å². The van der Waals surface area contributed by atoms with Crippen LogP contribution in [0.1, 0.15) is 23.6 Å². The van der Waals surface area contributed by atoms with Gasteiger partial charge in [-0.1, -0.05) is 42.5 Å². The van der Waals surface area contributed by atoms with Crippen molar-refractivity contribution >= 4 is 11.9 Å². The average molecular weight is 471 g/mol. The van der Waals surface area contributed by atoms with Gasteiger partial charge < -0.3 is 20.1 Å². The van der Waals surface area contributed by atoms with Gasteiger partial charge in [0.15, 0.2) is 0 Å². The fraction of sp³-hybridized carbons (Fsp3) is 0.385. The highest BCUT2D eigenvalue weighted by atomic mass is 16.5. The van der Waals surface area contributed by atoms with E-state index in [1.165, 1.54) is 11.1 Å². The number of hydrogen-bond donors (Lipinski definition) is 3. The topological polar surface area (TPSA) is 111 Å². The monoisotopic (exact) mass is 470 g/mol. The zero-order valence-electron chi connectivity index (χ0n) is 19.5. The van der Waals surface area contributed by atoms with Crippen LogP contribution in [-0.4, -0.2) is 83.5 Å². The molecule has 3 N–H and O–H groups in total. The second-order valence-electron chi connectivity index (χ2n) is 7.92. The van der Waals surface area contributed by atoms with Crippen LogP contribution < -0.4 is 4.74 Å². The molecule has 184 valence electrons. The highest BCUT2D eigenvalue weighted by Gasteiger charge is 2.24. The van der Waals surface area contributed by atoms with Crippen molar-refractivity contribution in [1.29, 1.82) is 0 Å². The van der Waals surface area contributed by atoms with Gasteiger partial charge >= 0.3 is 11.9 Å². The van der Waals surface area contributed by atoms with E-state index in [2.05, 4.69) is 64.4 Å². The number of piperazine rings is 1. The van der Waals surface area contributed by atoms with Crippen LogP contribution in [0, 0.1) is 0 Å². The molecule has 0 aliphatic carbocycles. The van der Waals surface area contributed by atoms with Crippen molar-refractivity contribution < 1.29 is 29.6 Å². The molecule has 1 unspecified atom stereocenters. The van der Waals surface area contributed by atoms with Crippen molar-refractivity contribution in [1.82, 2.24) is 9.80 Å². The number of nitrogens with zero attached hydrogens (tertiary/aromatic N) is 2. The standard InChI is InChI=1S/C22H30N2O2.C4H4O4/c1-26-21-10-8-20(9-11-21)22(12-7-19-5-3-2-4-6-19)24-15-13-23(14-16-24)17-18-25;5-3(6)1-2-4(7)8/h2-6,8-11,22,25H,7,12-18H2,1H3;1-2H,(H,5,6)(H,7,8)/b;2-1-. The van der Waals surface area contributed by atoms with Gasteiger partial charge in [-0.25, -0.2) is 9.59 Å². The maximum atomic E-state index is 9.55. The van der Waals surface area contributed by atoms with E-state index in [9.17, 15) is 9.59 Å². The van der Waals surface area contributed by atoms with E-state index in [4.69, 9.17) is 20.1 Å². The summed E-state index contributed by atoms with van der Waals surface area (Å²) in [5, 5.41) is 24.8. The van der Waals surface area contributed by atoms with Gasteiger partial charge in [0, 0.05) is 50.9 Å². The van der Waals surface area contributed by atoms with Crippen LogP contribution in [0.4, 0.5) is 0 Å². The van der Waals surface area contributed by atoms with E-state index in [0.29, 0.717) is 18.2 Å². The van der Waals surface area contributed by atoms with Crippen LogP contribution in [0.2, 0.25) is 0 Å². The Balaban J connectivity index is 0.000000440. The van der Waals surface area contributed by atoms with Crippen molar-refractivity contribution in [2.45, 2.75) is 18.9 Å². The molecule has 0 aromatic heterocycles. The van der Waals surface area contributed by atoms with Gasteiger partial charge in [-0.15, -0.1) is 0 Å². The lowest BCUT2D eigenvalue weighted by molar-refractivity contribution is -0.134. The molecule has 1 saturated heterocycles. The molecule has 0 radical (unpaired) electrons. The van der Waals surface area contributed by atoms with Gasteiger partial charge in [-0.3, -0.25) is 9.80 Å². The summed E-state index contributed by atoms with van der Waals surface area (Å²) in [5.74, 6) is -1.61. The molecule has 2 aromatic rings. The number of aliphatic hydroxyl groups is 1. The van der Waals surface area contributed by atoms with E-state index < -0.39 is 11.9 Å². The van der Waals surface area contributed by atoms with Crippen molar-refractivity contribution in [3.63, 3.8) is 0 Å². The summed E-state index contributed by atoms with van der Waals surface area (Å²) in [5.41, 5.74) is 2.75. The molecule has 3 rings (SSSR count). The van der Waals surface area contributed by atoms with E-state index in [1.54, 1.807) is 7.11 Å². The first-order valence-electron chi connectivity index (χ1n) is 11.3. The van der Waals surface area contributed by atoms with Crippen LogP contribution in [0.25, 0.3) is 0 Å². The van der Waals surface area contributed by atoms with Crippen molar-refractivity contribution in [3.05, 3.63) is 77.9 Å². The number of aryl methyl sites for hydroxylation is 1. The summed E-state index contributed by atoms with van der Waals surface area (Å²) in [6.45, 7) is 5.18. The summed E-state index contributed by atoms with van der Waals surface area (Å²) in [6.07, 6.45) is 3.30. The van der Waals surface area contributed by atoms with Crippen LogP contribution in [0.15, 0.2) is 66.7 Å². The first-order valence-corrected chi connectivity index (χ1v) is 11.3. The molecule has 2 aromatic carbocycles. The van der Waals surface area contributed by atoms with Crippen molar-refractivity contribution in [3.8, 4) is 5.75 Å². The third kappa shape index (κ3) is 9.74. The highest BCUT2D eigenvalue weighted by Crippen LogP contribution is 2.28. The van der Waals surface area contributed by atoms with Gasteiger partial charge in [-0.2, -0.15) is 0 Å². The zero-order chi connectivity index (χ0) is 24.8. The Bertz CT molecular complexity index is 877. The van der Waals surface area contributed by atoms with E-state index in [1.807, 2.05) is 0 Å². The number of benzene rings is 2. The number of rotatable bonds is 10. The zero-order valence-corrected chi connectivity index (χ0v) is 19.5. The Morgan fingerprint density at radius 1 is 0.941 bits per heavy atom. The second-order valence-corrected chi connectivity index (χ2v) is 7.92. The minimum atomic E-state index is -1.26. The summed E-state index contributed by atoms with van der Waals surface area (Å²) >= 11 is 0. The number of aliphatic hydroxyl groups excluding tert-OH is 1. The quantitative estimate of drug-likeness (QED) is 0.455. The number of hydrogen-bond acceptors (Lipinski definition) is 6. The SMILES string of the molecule is COc1ccc(C(CCc2ccccc2)N2CCN(CCO)CC2)cc1.O=C(O)/C=C\C(=O)O. The number of β-amino-alcohol motifs (C(OH)–C–C–N with tert-alkyl or cyclic N) is 1. The fourth-order valence-electron chi connectivity index (χ4n) is 3.92. The Labute approximate surface area is 200 Å². The number of carboxylic acid groups (broad SMARTS) is 2. The minimum Gasteiger partial charge on any atom is -0.497 e. The molecule has 0 amide bonds. The molecule has 34 heavy (non-hydrogen) atoms. The van der Waals surface area contributed by atoms with E-state index >= 15 is 0 Å². The predicted molar refractivity (Wildman–Crippen MR) is 130 cm³/mol. The lowest BCUT2D eigenvalue weighted by atomic mass is 9.96. The number of methoxy groups -OCH3 is 1. The molecule has 0 saturated carbocycles. The molecule has 1 atom stereocenters. The number of aliphatic carboxylic acids is 2. The van der Waals surface area contributed by atoms with Gasteiger partial charge in [0.2, 0.25) is 0 Å².